The summed E-state index contributed by atoms with van der Waals surface area (Å²) in [4.78, 5) is 22.9. The number of hydrogen-bond donors (Lipinski definition) is 2. The first-order chi connectivity index (χ1) is 7.68. The maximum Gasteiger partial charge on any atom is 0.272 e. The molecule has 98 valence electrons. The van der Waals surface area contributed by atoms with Crippen molar-refractivity contribution in [1.82, 2.24) is 0 Å². The Hall–Kier alpha value is -0.940. The number of ketones is 1. The fourth-order valence-electron chi connectivity index (χ4n) is 2.46. The van der Waals surface area contributed by atoms with E-state index in [1.807, 2.05) is 7.05 Å². The second-order valence-electron chi connectivity index (χ2n) is 5.74. The molecule has 1 amide bonds. The number of nitrogens with zero attached hydrogens (tertiary/aromatic N) is 1. The number of likely N-dealkylation sites (tertiary alicyclic amines) is 1. The van der Waals surface area contributed by atoms with Gasteiger partial charge >= 0.3 is 0 Å². The van der Waals surface area contributed by atoms with Crippen LogP contribution < -0.4 is 5.73 Å². The second kappa shape index (κ2) is 4.74. The second-order valence-corrected chi connectivity index (χ2v) is 5.74. The summed E-state index contributed by atoms with van der Waals surface area (Å²) in [5.41, 5.74) is 4.00. The zero-order valence-corrected chi connectivity index (χ0v) is 10.9. The number of likely N-dealkylation sites (N-methyl/N-ethyl adjacent to an activating group) is 1. The van der Waals surface area contributed by atoms with E-state index < -0.39 is 5.60 Å². The molecule has 5 heteroatoms. The zero-order valence-electron chi connectivity index (χ0n) is 10.9. The van der Waals surface area contributed by atoms with Gasteiger partial charge in [0.15, 0.2) is 12.3 Å². The van der Waals surface area contributed by atoms with E-state index in [2.05, 4.69) is 0 Å². The first-order valence-corrected chi connectivity index (χ1v) is 6.07. The Morgan fingerprint density at radius 3 is 2.18 bits per heavy atom. The van der Waals surface area contributed by atoms with E-state index in [-0.39, 0.29) is 24.2 Å². The van der Waals surface area contributed by atoms with Gasteiger partial charge in [-0.1, -0.05) is 13.8 Å². The number of hydrogen-bond acceptors (Lipinski definition) is 3. The number of nitrogens with two attached hydrogens (primary N) is 1. The van der Waals surface area contributed by atoms with Gasteiger partial charge in [0.2, 0.25) is 0 Å². The van der Waals surface area contributed by atoms with Crippen LogP contribution in [0.2, 0.25) is 0 Å². The molecule has 0 aromatic heterocycles. The summed E-state index contributed by atoms with van der Waals surface area (Å²) in [6, 6.07) is 0. The third kappa shape index (κ3) is 3.26. The van der Waals surface area contributed by atoms with Crippen molar-refractivity contribution in [3.8, 4) is 0 Å². The van der Waals surface area contributed by atoms with Crippen molar-refractivity contribution in [3.63, 3.8) is 0 Å². The lowest BCUT2D eigenvalue weighted by atomic mass is 9.82. The van der Waals surface area contributed by atoms with Gasteiger partial charge in [0.1, 0.15) is 5.60 Å². The number of carbonyl (C=O) groups is 2. The van der Waals surface area contributed by atoms with Gasteiger partial charge in [-0.05, 0) is 0 Å². The first kappa shape index (κ1) is 14.1. The third-order valence-corrected chi connectivity index (χ3v) is 3.65. The molecule has 17 heavy (non-hydrogen) atoms. The topological polar surface area (TPSA) is 80.4 Å². The monoisotopic (exact) mass is 243 g/mol. The van der Waals surface area contributed by atoms with Crippen LogP contribution in [0.5, 0.6) is 0 Å². The van der Waals surface area contributed by atoms with Crippen molar-refractivity contribution in [2.75, 3.05) is 26.7 Å². The molecule has 0 aliphatic carbocycles. The van der Waals surface area contributed by atoms with Crippen LogP contribution in [0.25, 0.3) is 0 Å². The van der Waals surface area contributed by atoms with Gasteiger partial charge in [0, 0.05) is 18.8 Å². The average molecular weight is 243 g/mol. The molecule has 0 unspecified atom stereocenters. The molecule has 1 aliphatic heterocycles. The molecular weight excluding hydrogens is 220 g/mol. The van der Waals surface area contributed by atoms with E-state index in [0.717, 1.165) is 0 Å². The van der Waals surface area contributed by atoms with Gasteiger partial charge in [-0.25, -0.2) is 0 Å². The number of rotatable bonds is 4. The van der Waals surface area contributed by atoms with Gasteiger partial charge in [-0.2, -0.15) is 0 Å². The Morgan fingerprint density at radius 2 is 1.82 bits per heavy atom. The highest BCUT2D eigenvalue weighted by molar-refractivity contribution is 5.88. The van der Waals surface area contributed by atoms with Crippen molar-refractivity contribution >= 4 is 11.7 Å². The number of aliphatic hydroxyl groups is 1. The van der Waals surface area contributed by atoms with Gasteiger partial charge in [0.25, 0.3) is 5.91 Å². The minimum Gasteiger partial charge on any atom is -0.382 e. The fourth-order valence-corrected chi connectivity index (χ4v) is 2.46. The van der Waals surface area contributed by atoms with Crippen LogP contribution in [0.15, 0.2) is 0 Å². The molecule has 1 aliphatic rings. The predicted octanol–water partition coefficient (Wildman–Crippen LogP) is -0.332. The van der Waals surface area contributed by atoms with Crippen LogP contribution in [-0.4, -0.2) is 53.6 Å². The molecule has 0 spiro atoms. The summed E-state index contributed by atoms with van der Waals surface area (Å²) in [6.45, 7) is 5.08. The highest BCUT2D eigenvalue weighted by Crippen LogP contribution is 2.28. The molecule has 0 radical (unpaired) electrons. The molecule has 0 atom stereocenters. The zero-order chi connectivity index (χ0) is 13.3. The largest absolute Gasteiger partial charge is 0.382 e. The summed E-state index contributed by atoms with van der Waals surface area (Å²) < 4.78 is 0.517. The van der Waals surface area contributed by atoms with Crippen molar-refractivity contribution in [2.24, 2.45) is 11.7 Å². The summed E-state index contributed by atoms with van der Waals surface area (Å²) in [6.07, 6.45) is 0.821. The van der Waals surface area contributed by atoms with Crippen LogP contribution in [-0.2, 0) is 9.59 Å². The summed E-state index contributed by atoms with van der Waals surface area (Å²) in [7, 11) is 1.93. The molecular formula is C12H23N2O3+. The Kier molecular flexibility index (Phi) is 3.94. The SMILES string of the molecule is CC(C)C(=O)C1(O)CC[N+](C)(CC(N)=O)CC1. The molecule has 1 fully saturated rings. The normalized spacial score (nSPS) is 33.7. The molecule has 5 nitrogen and oxygen atoms in total. The Labute approximate surface area is 102 Å². The third-order valence-electron chi connectivity index (χ3n) is 3.65. The van der Waals surface area contributed by atoms with E-state index in [4.69, 9.17) is 5.73 Å². The number of amides is 1. The fraction of sp³-hybridized carbons (Fsp3) is 0.833. The average Bonchev–Trinajstić information content (AvgIpc) is 2.21. The van der Waals surface area contributed by atoms with Gasteiger partial charge in [-0.15, -0.1) is 0 Å². The number of Topliss-reactive ketones (excluding diaryl/α,β-unsaturated/α-hetero) is 1. The minimum atomic E-state index is -1.20. The van der Waals surface area contributed by atoms with Gasteiger partial charge in [-0.3, -0.25) is 9.59 Å². The maximum absolute atomic E-state index is 11.9. The highest BCUT2D eigenvalue weighted by atomic mass is 16.3. The maximum atomic E-state index is 11.9. The Balaban J connectivity index is 2.67. The number of quaternary nitrogens is 1. The van der Waals surface area contributed by atoms with Crippen LogP contribution in [0.3, 0.4) is 0 Å². The molecule has 1 heterocycles. The number of carbonyl (C=O) groups excluding carboxylic acids is 2. The van der Waals surface area contributed by atoms with Crippen molar-refractivity contribution in [2.45, 2.75) is 32.3 Å². The van der Waals surface area contributed by atoms with Crippen LogP contribution in [0, 0.1) is 5.92 Å². The van der Waals surface area contributed by atoms with Crippen molar-refractivity contribution in [3.05, 3.63) is 0 Å². The van der Waals surface area contributed by atoms with E-state index in [9.17, 15) is 14.7 Å². The van der Waals surface area contributed by atoms with Gasteiger partial charge < -0.3 is 15.3 Å². The predicted molar refractivity (Wildman–Crippen MR) is 64.0 cm³/mol. The number of primary amides is 1. The van der Waals surface area contributed by atoms with E-state index >= 15 is 0 Å². The molecule has 1 saturated heterocycles. The Bertz CT molecular complexity index is 318. The molecule has 0 aromatic carbocycles. The lowest BCUT2D eigenvalue weighted by Gasteiger charge is -2.43. The molecule has 0 bridgehead atoms. The minimum absolute atomic E-state index is 0.0946. The number of piperidine rings is 1. The summed E-state index contributed by atoms with van der Waals surface area (Å²) in [5, 5.41) is 10.3. The van der Waals surface area contributed by atoms with Gasteiger partial charge in [0.05, 0.1) is 20.1 Å². The quantitative estimate of drug-likeness (QED) is 0.663. The van der Waals surface area contributed by atoms with Crippen molar-refractivity contribution < 1.29 is 19.2 Å². The van der Waals surface area contributed by atoms with Crippen molar-refractivity contribution in [1.29, 1.82) is 0 Å². The lowest BCUT2D eigenvalue weighted by Crippen LogP contribution is -2.60. The highest BCUT2D eigenvalue weighted by Gasteiger charge is 2.45. The molecule has 0 aromatic rings. The molecule has 3 N–H and O–H groups in total. The summed E-state index contributed by atoms with van der Waals surface area (Å²) >= 11 is 0. The summed E-state index contributed by atoms with van der Waals surface area (Å²) in [5.74, 6) is -0.594. The molecule has 1 rings (SSSR count). The van der Waals surface area contributed by atoms with E-state index in [1.54, 1.807) is 13.8 Å². The van der Waals surface area contributed by atoms with Crippen LogP contribution >= 0.6 is 0 Å². The van der Waals surface area contributed by atoms with E-state index in [1.165, 1.54) is 0 Å². The first-order valence-electron chi connectivity index (χ1n) is 6.07. The lowest BCUT2D eigenvalue weighted by molar-refractivity contribution is -0.908. The standard InChI is InChI=1S/C12H22N2O3/c1-9(2)11(16)12(17)4-6-14(3,7-5-12)8-10(13)15/h9,17H,4-8H2,1-3H3,(H-,13,15)/p+1. The van der Waals surface area contributed by atoms with E-state index in [0.29, 0.717) is 30.4 Å². The van der Waals surface area contributed by atoms with Crippen LogP contribution in [0.1, 0.15) is 26.7 Å². The Morgan fingerprint density at radius 1 is 1.35 bits per heavy atom. The van der Waals surface area contributed by atoms with Crippen LogP contribution in [0.4, 0.5) is 0 Å². The molecule has 0 saturated carbocycles. The smallest absolute Gasteiger partial charge is 0.272 e.